The molecule has 0 saturated carbocycles. The summed E-state index contributed by atoms with van der Waals surface area (Å²) in [5, 5.41) is 5.03. The van der Waals surface area contributed by atoms with Gasteiger partial charge in [-0.05, 0) is 31.2 Å². The molecule has 0 N–H and O–H groups in total. The van der Waals surface area contributed by atoms with Crippen LogP contribution in [0.1, 0.15) is 17.8 Å². The van der Waals surface area contributed by atoms with E-state index >= 15 is 0 Å². The Labute approximate surface area is 185 Å². The molecule has 0 radical (unpaired) electrons. The Morgan fingerprint density at radius 2 is 2.16 bits per heavy atom. The van der Waals surface area contributed by atoms with Crippen LogP contribution < -0.4 is 4.31 Å². The third-order valence-corrected chi connectivity index (χ3v) is 7.08. The molecule has 0 bridgehead atoms. The summed E-state index contributed by atoms with van der Waals surface area (Å²) in [4.78, 5) is 19.8. The maximum absolute atomic E-state index is 12.3. The molecule has 1 aliphatic rings. The maximum atomic E-state index is 12.3. The zero-order valence-corrected chi connectivity index (χ0v) is 18.8. The Bertz CT molecular complexity index is 1250. The van der Waals surface area contributed by atoms with Crippen LogP contribution in [0.3, 0.4) is 0 Å². The van der Waals surface area contributed by atoms with Crippen LogP contribution in [0.25, 0.3) is 21.1 Å². The minimum absolute atomic E-state index is 0.261. The van der Waals surface area contributed by atoms with Crippen LogP contribution in [0.4, 0.5) is 5.69 Å². The number of anilines is 1. The highest BCUT2D eigenvalue weighted by molar-refractivity contribution is 7.92. The van der Waals surface area contributed by atoms with Crippen LogP contribution in [0.5, 0.6) is 0 Å². The van der Waals surface area contributed by atoms with Gasteiger partial charge in [-0.2, -0.15) is 0 Å². The lowest BCUT2D eigenvalue weighted by atomic mass is 10.1. The number of sulfonamides is 1. The smallest absolute Gasteiger partial charge is 0.232 e. The van der Waals surface area contributed by atoms with E-state index in [2.05, 4.69) is 21.7 Å². The number of fused-ring (bicyclic) bond motifs is 1. The highest BCUT2D eigenvalue weighted by Gasteiger charge is 2.30. The minimum Gasteiger partial charge on any atom is -0.391 e. The molecule has 4 heterocycles. The Balaban J connectivity index is 1.80. The van der Waals surface area contributed by atoms with Gasteiger partial charge in [-0.3, -0.25) is 9.29 Å². The molecule has 0 fully saturated rings. The van der Waals surface area contributed by atoms with Crippen molar-refractivity contribution in [2.75, 3.05) is 23.7 Å². The van der Waals surface area contributed by atoms with E-state index in [1.54, 1.807) is 24.5 Å². The molecule has 3 aromatic rings. The van der Waals surface area contributed by atoms with Crippen LogP contribution in [-0.2, 0) is 14.9 Å². The summed E-state index contributed by atoms with van der Waals surface area (Å²) in [5.41, 5.74) is 4.07. The van der Waals surface area contributed by atoms with Crippen LogP contribution in [0.2, 0.25) is 0 Å². The summed E-state index contributed by atoms with van der Waals surface area (Å²) < 4.78 is 25.9. The van der Waals surface area contributed by atoms with Gasteiger partial charge >= 0.3 is 0 Å². The first-order chi connectivity index (χ1) is 14.9. The van der Waals surface area contributed by atoms with Crippen LogP contribution in [-0.4, -0.2) is 48.5 Å². The molecule has 4 rings (SSSR count). The second kappa shape index (κ2) is 8.56. The van der Waals surface area contributed by atoms with Gasteiger partial charge in [-0.15, -0.1) is 11.3 Å². The first-order valence-corrected chi connectivity index (χ1v) is 12.2. The lowest BCUT2D eigenvalue weighted by Gasteiger charge is -2.29. The number of thiazole rings is 1. The molecule has 0 unspecified atom stereocenters. The summed E-state index contributed by atoms with van der Waals surface area (Å²) in [6, 6.07) is 7.41. The van der Waals surface area contributed by atoms with E-state index in [1.165, 1.54) is 21.9 Å². The number of aromatic nitrogens is 3. The molecule has 0 saturated heterocycles. The zero-order chi connectivity index (χ0) is 22.0. The molecule has 3 aromatic heterocycles. The monoisotopic (exact) mass is 455 g/mol. The average molecular weight is 456 g/mol. The number of rotatable bonds is 6. The standard InChI is InChI=1S/C21H21N5O3S2/c1-4-12-29-25-16-9-11-26(31(3,27)28)18-8-7-17(24-19(16)18)20-14(2)23-21(30-20)15-6-5-10-22-13-15/h4-8,10,13H,1,9,11-12H2,2-3H3. The van der Waals surface area contributed by atoms with Gasteiger partial charge in [0.25, 0.3) is 0 Å². The SMILES string of the molecule is C=CCON=C1CCN(S(C)(=O)=O)c2ccc(-c3sc(-c4cccnc4)nc3C)nc21. The summed E-state index contributed by atoms with van der Waals surface area (Å²) in [6.07, 6.45) is 6.68. The summed E-state index contributed by atoms with van der Waals surface area (Å²) >= 11 is 1.52. The summed E-state index contributed by atoms with van der Waals surface area (Å²) in [6.45, 7) is 6.09. The molecule has 1 aliphatic heterocycles. The van der Waals surface area contributed by atoms with E-state index in [0.29, 0.717) is 29.2 Å². The van der Waals surface area contributed by atoms with Gasteiger partial charge in [0.05, 0.1) is 28.2 Å². The van der Waals surface area contributed by atoms with Crippen molar-refractivity contribution in [1.82, 2.24) is 15.0 Å². The van der Waals surface area contributed by atoms with Crippen LogP contribution >= 0.6 is 11.3 Å². The van der Waals surface area contributed by atoms with E-state index in [0.717, 1.165) is 21.1 Å². The van der Waals surface area contributed by atoms with E-state index in [1.807, 2.05) is 25.1 Å². The molecular formula is C21H21N5O3S2. The van der Waals surface area contributed by atoms with E-state index in [-0.39, 0.29) is 13.2 Å². The molecule has 160 valence electrons. The fraction of sp³-hybridized carbons (Fsp3) is 0.238. The molecule has 0 atom stereocenters. The second-order valence-corrected chi connectivity index (χ2v) is 9.85. The number of hydrogen-bond acceptors (Lipinski definition) is 8. The van der Waals surface area contributed by atoms with Crippen molar-refractivity contribution in [1.29, 1.82) is 0 Å². The van der Waals surface area contributed by atoms with E-state index in [9.17, 15) is 8.42 Å². The highest BCUT2D eigenvalue weighted by Crippen LogP contribution is 2.36. The topological polar surface area (TPSA) is 97.6 Å². The van der Waals surface area contributed by atoms with Crippen LogP contribution in [0.15, 0.2) is 54.5 Å². The number of hydrogen-bond donors (Lipinski definition) is 0. The van der Waals surface area contributed by atoms with Gasteiger partial charge in [0.2, 0.25) is 10.0 Å². The summed E-state index contributed by atoms with van der Waals surface area (Å²) in [7, 11) is -3.44. The summed E-state index contributed by atoms with van der Waals surface area (Å²) in [5.74, 6) is 0. The van der Waals surface area contributed by atoms with Gasteiger partial charge in [0.1, 0.15) is 23.0 Å². The average Bonchev–Trinajstić information content (AvgIpc) is 3.15. The predicted octanol–water partition coefficient (Wildman–Crippen LogP) is 3.65. The van der Waals surface area contributed by atoms with Gasteiger partial charge in [0, 0.05) is 30.9 Å². The van der Waals surface area contributed by atoms with Crippen molar-refractivity contribution in [3.05, 3.63) is 60.7 Å². The zero-order valence-electron chi connectivity index (χ0n) is 17.1. The third-order valence-electron chi connectivity index (χ3n) is 4.67. The second-order valence-electron chi connectivity index (χ2n) is 6.95. The Kier molecular flexibility index (Phi) is 5.84. The highest BCUT2D eigenvalue weighted by atomic mass is 32.2. The lowest BCUT2D eigenvalue weighted by Crippen LogP contribution is -2.37. The number of pyridine rings is 2. The largest absolute Gasteiger partial charge is 0.391 e. The molecule has 0 aliphatic carbocycles. The number of aryl methyl sites for hydroxylation is 1. The normalized spacial score (nSPS) is 15.0. The van der Waals surface area contributed by atoms with Crippen molar-refractivity contribution in [3.63, 3.8) is 0 Å². The molecule has 10 heteroatoms. The Morgan fingerprint density at radius 1 is 1.32 bits per heavy atom. The molecule has 0 amide bonds. The number of nitrogens with zero attached hydrogens (tertiary/aromatic N) is 5. The maximum Gasteiger partial charge on any atom is 0.232 e. The fourth-order valence-corrected chi connectivity index (χ4v) is 5.24. The first-order valence-electron chi connectivity index (χ1n) is 9.55. The van der Waals surface area contributed by atoms with Gasteiger partial charge < -0.3 is 4.84 Å². The van der Waals surface area contributed by atoms with Crippen molar-refractivity contribution in [2.24, 2.45) is 5.16 Å². The molecule has 0 aromatic carbocycles. The number of oxime groups is 1. The van der Waals surface area contributed by atoms with Crippen molar-refractivity contribution in [2.45, 2.75) is 13.3 Å². The van der Waals surface area contributed by atoms with Crippen molar-refractivity contribution < 1.29 is 13.3 Å². The van der Waals surface area contributed by atoms with Crippen molar-refractivity contribution in [3.8, 4) is 21.1 Å². The van der Waals surface area contributed by atoms with Crippen LogP contribution in [0, 0.1) is 6.92 Å². The quantitative estimate of drug-likeness (QED) is 0.320. The minimum atomic E-state index is -3.44. The predicted molar refractivity (Wildman–Crippen MR) is 123 cm³/mol. The Hall–Kier alpha value is -3.11. The van der Waals surface area contributed by atoms with E-state index in [4.69, 9.17) is 9.82 Å². The van der Waals surface area contributed by atoms with Gasteiger partial charge in [-0.1, -0.05) is 17.8 Å². The molecule has 0 spiro atoms. The van der Waals surface area contributed by atoms with Gasteiger partial charge in [0.15, 0.2) is 0 Å². The van der Waals surface area contributed by atoms with Crippen molar-refractivity contribution >= 4 is 32.8 Å². The molecule has 31 heavy (non-hydrogen) atoms. The van der Waals surface area contributed by atoms with E-state index < -0.39 is 10.0 Å². The first kappa shape index (κ1) is 21.1. The molecule has 8 nitrogen and oxygen atoms in total. The fourth-order valence-electron chi connectivity index (χ4n) is 3.29. The lowest BCUT2D eigenvalue weighted by molar-refractivity contribution is 0.174. The molecular weight excluding hydrogens is 434 g/mol. The Morgan fingerprint density at radius 3 is 2.87 bits per heavy atom. The third kappa shape index (κ3) is 4.35. The van der Waals surface area contributed by atoms with Gasteiger partial charge in [-0.25, -0.2) is 18.4 Å².